The van der Waals surface area contributed by atoms with Gasteiger partial charge in [-0.3, -0.25) is 4.79 Å². The zero-order valence-electron chi connectivity index (χ0n) is 13.8. The Balaban J connectivity index is 2.42. The number of rotatable bonds is 6. The summed E-state index contributed by atoms with van der Waals surface area (Å²) in [5.41, 5.74) is 5.13. The molecule has 2 rings (SSSR count). The van der Waals surface area contributed by atoms with Gasteiger partial charge in [0.1, 0.15) is 6.29 Å². The van der Waals surface area contributed by atoms with Crippen molar-refractivity contribution in [1.82, 2.24) is 4.90 Å². The number of hydrogen-bond acceptors (Lipinski definition) is 3. The van der Waals surface area contributed by atoms with Crippen LogP contribution in [0, 0.1) is 6.92 Å². The Kier molecular flexibility index (Phi) is 5.34. The minimum atomic E-state index is 0.757. The Hall–Kier alpha value is -2.13. The fourth-order valence-electron chi connectivity index (χ4n) is 2.46. The quantitative estimate of drug-likeness (QED) is 0.763. The highest BCUT2D eigenvalue weighted by Crippen LogP contribution is 2.30. The van der Waals surface area contributed by atoms with Crippen LogP contribution in [-0.2, 0) is 0 Å². The molecule has 2 aromatic rings. The molecule has 0 saturated carbocycles. The van der Waals surface area contributed by atoms with E-state index in [-0.39, 0.29) is 0 Å². The second kappa shape index (κ2) is 7.23. The van der Waals surface area contributed by atoms with Gasteiger partial charge < -0.3 is 9.80 Å². The van der Waals surface area contributed by atoms with E-state index in [4.69, 9.17) is 0 Å². The number of benzene rings is 2. The van der Waals surface area contributed by atoms with E-state index in [1.165, 1.54) is 0 Å². The Morgan fingerprint density at radius 2 is 1.68 bits per heavy atom. The first-order valence-corrected chi connectivity index (χ1v) is 7.54. The monoisotopic (exact) mass is 296 g/mol. The Bertz CT molecular complexity index is 635. The van der Waals surface area contributed by atoms with Gasteiger partial charge in [0.25, 0.3) is 0 Å². The SMILES string of the molecule is Cc1c(C=O)cc(N(C)CCN(C)C)cc1-c1ccccc1. The summed E-state index contributed by atoms with van der Waals surface area (Å²) in [6.45, 7) is 3.90. The summed E-state index contributed by atoms with van der Waals surface area (Å²) in [6.07, 6.45) is 0.949. The van der Waals surface area contributed by atoms with Crippen LogP contribution >= 0.6 is 0 Å². The van der Waals surface area contributed by atoms with Crippen molar-refractivity contribution in [2.75, 3.05) is 39.1 Å². The molecule has 0 aliphatic heterocycles. The van der Waals surface area contributed by atoms with Crippen LogP contribution in [0.5, 0.6) is 0 Å². The van der Waals surface area contributed by atoms with E-state index >= 15 is 0 Å². The van der Waals surface area contributed by atoms with Gasteiger partial charge in [-0.15, -0.1) is 0 Å². The normalized spacial score (nSPS) is 10.8. The number of nitrogens with zero attached hydrogens (tertiary/aromatic N) is 2. The van der Waals surface area contributed by atoms with Crippen molar-refractivity contribution in [2.45, 2.75) is 6.92 Å². The van der Waals surface area contributed by atoms with Crippen molar-refractivity contribution in [3.8, 4) is 11.1 Å². The molecule has 0 aliphatic carbocycles. The molecule has 0 amide bonds. The molecule has 0 fully saturated rings. The third kappa shape index (κ3) is 3.74. The Morgan fingerprint density at radius 1 is 1.00 bits per heavy atom. The fourth-order valence-corrected chi connectivity index (χ4v) is 2.46. The van der Waals surface area contributed by atoms with Gasteiger partial charge in [-0.25, -0.2) is 0 Å². The average Bonchev–Trinajstić information content (AvgIpc) is 2.53. The molecule has 0 spiro atoms. The second-order valence-electron chi connectivity index (χ2n) is 5.92. The van der Waals surface area contributed by atoms with Crippen molar-refractivity contribution in [2.24, 2.45) is 0 Å². The number of aldehydes is 1. The zero-order valence-corrected chi connectivity index (χ0v) is 13.8. The zero-order chi connectivity index (χ0) is 16.1. The number of carbonyl (C=O) groups excluding carboxylic acids is 1. The van der Waals surface area contributed by atoms with Gasteiger partial charge in [0.05, 0.1) is 0 Å². The van der Waals surface area contributed by atoms with Gasteiger partial charge in [0.2, 0.25) is 0 Å². The second-order valence-corrected chi connectivity index (χ2v) is 5.92. The maximum Gasteiger partial charge on any atom is 0.150 e. The lowest BCUT2D eigenvalue weighted by atomic mass is 9.95. The van der Waals surface area contributed by atoms with Gasteiger partial charge in [0.15, 0.2) is 0 Å². The lowest BCUT2D eigenvalue weighted by Crippen LogP contribution is -2.28. The summed E-state index contributed by atoms with van der Waals surface area (Å²) in [4.78, 5) is 15.8. The molecule has 0 N–H and O–H groups in total. The molecule has 3 nitrogen and oxygen atoms in total. The molecule has 0 atom stereocenters. The van der Waals surface area contributed by atoms with E-state index in [1.807, 2.05) is 31.2 Å². The maximum absolute atomic E-state index is 11.4. The first kappa shape index (κ1) is 16.2. The van der Waals surface area contributed by atoms with Crippen LogP contribution in [0.1, 0.15) is 15.9 Å². The van der Waals surface area contributed by atoms with Crippen LogP contribution in [0.15, 0.2) is 42.5 Å². The third-order valence-electron chi connectivity index (χ3n) is 3.97. The minimum Gasteiger partial charge on any atom is -0.373 e. The Morgan fingerprint density at radius 3 is 2.27 bits per heavy atom. The van der Waals surface area contributed by atoms with Crippen LogP contribution in [0.4, 0.5) is 5.69 Å². The highest BCUT2D eigenvalue weighted by atomic mass is 16.1. The molecule has 0 saturated heterocycles. The molecule has 0 aliphatic rings. The first-order chi connectivity index (χ1) is 10.5. The molecular weight excluding hydrogens is 272 g/mol. The highest BCUT2D eigenvalue weighted by Gasteiger charge is 2.11. The molecular formula is C19H24N2O. The van der Waals surface area contributed by atoms with Gasteiger partial charge in [-0.2, -0.15) is 0 Å². The van der Waals surface area contributed by atoms with Crippen molar-refractivity contribution in [3.05, 3.63) is 53.6 Å². The molecule has 116 valence electrons. The predicted octanol–water partition coefficient (Wildman–Crippen LogP) is 3.47. The lowest BCUT2D eigenvalue weighted by Gasteiger charge is -2.23. The van der Waals surface area contributed by atoms with Crippen molar-refractivity contribution in [1.29, 1.82) is 0 Å². The highest BCUT2D eigenvalue weighted by molar-refractivity contribution is 5.86. The minimum absolute atomic E-state index is 0.757. The van der Waals surface area contributed by atoms with Crippen LogP contribution in [0.3, 0.4) is 0 Å². The number of anilines is 1. The topological polar surface area (TPSA) is 23.6 Å². The Labute approximate surface area is 133 Å². The summed E-state index contributed by atoms with van der Waals surface area (Å²) in [7, 11) is 6.20. The summed E-state index contributed by atoms with van der Waals surface area (Å²) in [5.74, 6) is 0. The summed E-state index contributed by atoms with van der Waals surface area (Å²) in [5, 5.41) is 0. The predicted molar refractivity (Wildman–Crippen MR) is 93.8 cm³/mol. The van der Waals surface area contributed by atoms with E-state index < -0.39 is 0 Å². The lowest BCUT2D eigenvalue weighted by molar-refractivity contribution is 0.112. The van der Waals surface area contributed by atoms with Gasteiger partial charge in [-0.1, -0.05) is 30.3 Å². The smallest absolute Gasteiger partial charge is 0.150 e. The molecule has 3 heteroatoms. The van der Waals surface area contributed by atoms with Crippen LogP contribution < -0.4 is 4.90 Å². The molecule has 0 unspecified atom stereocenters. The third-order valence-corrected chi connectivity index (χ3v) is 3.97. The van der Waals surface area contributed by atoms with E-state index in [9.17, 15) is 4.79 Å². The van der Waals surface area contributed by atoms with E-state index in [2.05, 4.69) is 49.1 Å². The number of likely N-dealkylation sites (N-methyl/N-ethyl adjacent to an activating group) is 2. The summed E-state index contributed by atoms with van der Waals surface area (Å²) < 4.78 is 0. The number of carbonyl (C=O) groups is 1. The molecule has 0 radical (unpaired) electrons. The van der Waals surface area contributed by atoms with E-state index in [0.29, 0.717) is 0 Å². The first-order valence-electron chi connectivity index (χ1n) is 7.54. The van der Waals surface area contributed by atoms with E-state index in [1.54, 1.807) is 0 Å². The van der Waals surface area contributed by atoms with Crippen LogP contribution in [-0.4, -0.2) is 45.4 Å². The van der Waals surface area contributed by atoms with Crippen molar-refractivity contribution >= 4 is 12.0 Å². The van der Waals surface area contributed by atoms with Gasteiger partial charge in [-0.05, 0) is 49.8 Å². The summed E-state index contributed by atoms with van der Waals surface area (Å²) in [6, 6.07) is 14.4. The maximum atomic E-state index is 11.4. The molecule has 0 heterocycles. The van der Waals surface area contributed by atoms with Crippen molar-refractivity contribution < 1.29 is 4.79 Å². The van der Waals surface area contributed by atoms with Crippen LogP contribution in [0.2, 0.25) is 0 Å². The van der Waals surface area contributed by atoms with Gasteiger partial charge >= 0.3 is 0 Å². The molecule has 0 aromatic heterocycles. The fraction of sp³-hybridized carbons (Fsp3) is 0.316. The van der Waals surface area contributed by atoms with Gasteiger partial charge in [0, 0.05) is 31.4 Å². The molecule has 2 aromatic carbocycles. The average molecular weight is 296 g/mol. The molecule has 22 heavy (non-hydrogen) atoms. The van der Waals surface area contributed by atoms with Crippen LogP contribution in [0.25, 0.3) is 11.1 Å². The van der Waals surface area contributed by atoms with Crippen molar-refractivity contribution in [3.63, 3.8) is 0 Å². The largest absolute Gasteiger partial charge is 0.373 e. The summed E-state index contributed by atoms with van der Waals surface area (Å²) >= 11 is 0. The molecule has 0 bridgehead atoms. The standard InChI is InChI=1S/C19H24N2O/c1-15-17(14-22)12-18(21(4)11-10-20(2)3)13-19(15)16-8-6-5-7-9-16/h5-9,12-14H,10-11H2,1-4H3. The number of hydrogen-bond donors (Lipinski definition) is 0. The van der Waals surface area contributed by atoms with E-state index in [0.717, 1.165) is 47.3 Å².